The van der Waals surface area contributed by atoms with E-state index in [1.54, 1.807) is 6.07 Å². The van der Waals surface area contributed by atoms with Gasteiger partial charge in [-0.1, -0.05) is 0 Å². The van der Waals surface area contributed by atoms with Gasteiger partial charge in [0.25, 0.3) is 0 Å². The van der Waals surface area contributed by atoms with Crippen LogP contribution in [0.5, 0.6) is 0 Å². The van der Waals surface area contributed by atoms with Crippen LogP contribution in [0.1, 0.15) is 6.42 Å². The molecule has 0 fully saturated rings. The fourth-order valence-electron chi connectivity index (χ4n) is 0.903. The standard InChI is InChI=1S/C9H6F2N2O/c10-6-3-7(11)5-8(4-6)13-9(14)1-2-12/h3-5H,1H2,(H,13,14). The maximum absolute atomic E-state index is 12.6. The SMILES string of the molecule is N#CCC(=O)Nc1cc(F)cc(F)c1. The van der Waals surface area contributed by atoms with Gasteiger partial charge in [-0.3, -0.25) is 4.79 Å². The molecule has 0 atom stereocenters. The van der Waals surface area contributed by atoms with Gasteiger partial charge in [0.2, 0.25) is 5.91 Å². The first-order valence-electron chi connectivity index (χ1n) is 3.74. The number of rotatable bonds is 2. The van der Waals surface area contributed by atoms with Crippen molar-refractivity contribution in [3.8, 4) is 6.07 Å². The first kappa shape index (κ1) is 10.1. The quantitative estimate of drug-likeness (QED) is 0.784. The van der Waals surface area contributed by atoms with Gasteiger partial charge in [-0.15, -0.1) is 0 Å². The van der Waals surface area contributed by atoms with E-state index >= 15 is 0 Å². The lowest BCUT2D eigenvalue weighted by atomic mass is 10.3. The molecule has 0 aliphatic rings. The van der Waals surface area contributed by atoms with Gasteiger partial charge < -0.3 is 5.32 Å². The zero-order valence-corrected chi connectivity index (χ0v) is 7.05. The number of amides is 1. The van der Waals surface area contributed by atoms with Crippen LogP contribution in [0.15, 0.2) is 18.2 Å². The fraction of sp³-hybridized carbons (Fsp3) is 0.111. The Morgan fingerprint density at radius 2 is 1.93 bits per heavy atom. The molecule has 0 spiro atoms. The van der Waals surface area contributed by atoms with Crippen molar-refractivity contribution in [2.24, 2.45) is 0 Å². The minimum Gasteiger partial charge on any atom is -0.325 e. The summed E-state index contributed by atoms with van der Waals surface area (Å²) in [6, 6.07) is 4.25. The third-order valence-corrected chi connectivity index (χ3v) is 1.39. The predicted molar refractivity (Wildman–Crippen MR) is 45.2 cm³/mol. The third kappa shape index (κ3) is 2.83. The number of anilines is 1. The van der Waals surface area contributed by atoms with Crippen LogP contribution < -0.4 is 5.32 Å². The minimum atomic E-state index is -0.780. The van der Waals surface area contributed by atoms with Crippen molar-refractivity contribution in [3.63, 3.8) is 0 Å². The number of carbonyl (C=O) groups excluding carboxylic acids is 1. The molecule has 0 unspecified atom stereocenters. The van der Waals surface area contributed by atoms with Crippen LogP contribution in [0.3, 0.4) is 0 Å². The van der Waals surface area contributed by atoms with Crippen LogP contribution in [0.25, 0.3) is 0 Å². The van der Waals surface area contributed by atoms with Crippen LogP contribution in [0.4, 0.5) is 14.5 Å². The van der Waals surface area contributed by atoms with E-state index in [4.69, 9.17) is 5.26 Å². The third-order valence-electron chi connectivity index (χ3n) is 1.39. The van der Waals surface area contributed by atoms with Crippen molar-refractivity contribution in [1.82, 2.24) is 0 Å². The van der Waals surface area contributed by atoms with Crippen molar-refractivity contribution < 1.29 is 13.6 Å². The summed E-state index contributed by atoms with van der Waals surface area (Å²) in [4.78, 5) is 10.9. The minimum absolute atomic E-state index is 0.00255. The van der Waals surface area contributed by atoms with Crippen LogP contribution in [0, 0.1) is 23.0 Å². The second-order valence-electron chi connectivity index (χ2n) is 2.54. The van der Waals surface area contributed by atoms with E-state index in [0.717, 1.165) is 12.1 Å². The Balaban J connectivity index is 2.77. The molecule has 14 heavy (non-hydrogen) atoms. The number of halogens is 2. The topological polar surface area (TPSA) is 52.9 Å². The zero-order chi connectivity index (χ0) is 10.6. The Labute approximate surface area is 79.0 Å². The Bertz CT molecular complexity index is 378. The lowest BCUT2D eigenvalue weighted by Gasteiger charge is -2.02. The van der Waals surface area contributed by atoms with E-state index < -0.39 is 17.5 Å². The van der Waals surface area contributed by atoms with Crippen molar-refractivity contribution >= 4 is 11.6 Å². The molecule has 1 rings (SSSR count). The van der Waals surface area contributed by atoms with Gasteiger partial charge in [0.15, 0.2) is 0 Å². The molecule has 0 bridgehead atoms. The number of carbonyl (C=O) groups is 1. The monoisotopic (exact) mass is 196 g/mol. The van der Waals surface area contributed by atoms with E-state index in [9.17, 15) is 13.6 Å². The summed E-state index contributed by atoms with van der Waals surface area (Å²) in [6.07, 6.45) is -0.349. The average molecular weight is 196 g/mol. The van der Waals surface area contributed by atoms with Crippen molar-refractivity contribution in [2.75, 3.05) is 5.32 Å². The summed E-state index contributed by atoms with van der Waals surface area (Å²) in [5.41, 5.74) is 0.00255. The number of nitrogens with one attached hydrogen (secondary N) is 1. The predicted octanol–water partition coefficient (Wildman–Crippen LogP) is 1.82. The highest BCUT2D eigenvalue weighted by Gasteiger charge is 2.04. The molecule has 0 saturated heterocycles. The normalized spacial score (nSPS) is 9.21. The van der Waals surface area contributed by atoms with Gasteiger partial charge in [0, 0.05) is 11.8 Å². The highest BCUT2D eigenvalue weighted by Crippen LogP contribution is 2.12. The highest BCUT2D eigenvalue weighted by molar-refractivity contribution is 5.91. The molecule has 0 aromatic heterocycles. The summed E-state index contributed by atoms with van der Waals surface area (Å²) in [5.74, 6) is -2.16. The Hall–Kier alpha value is -1.96. The summed E-state index contributed by atoms with van der Waals surface area (Å²) in [6.45, 7) is 0. The molecule has 1 N–H and O–H groups in total. The van der Waals surface area contributed by atoms with Crippen molar-refractivity contribution in [1.29, 1.82) is 5.26 Å². The lowest BCUT2D eigenvalue weighted by molar-refractivity contribution is -0.115. The fourth-order valence-corrected chi connectivity index (χ4v) is 0.903. The van der Waals surface area contributed by atoms with Crippen LogP contribution in [0.2, 0.25) is 0 Å². The van der Waals surface area contributed by atoms with Gasteiger partial charge in [0.1, 0.15) is 18.1 Å². The molecule has 0 heterocycles. The molecular formula is C9H6F2N2O. The number of hydrogen-bond acceptors (Lipinski definition) is 2. The number of benzene rings is 1. The maximum atomic E-state index is 12.6. The molecule has 0 radical (unpaired) electrons. The zero-order valence-electron chi connectivity index (χ0n) is 7.05. The number of nitriles is 1. The van der Waals surface area contributed by atoms with Gasteiger partial charge >= 0.3 is 0 Å². The van der Waals surface area contributed by atoms with Crippen LogP contribution in [-0.2, 0) is 4.79 Å². The van der Waals surface area contributed by atoms with E-state index in [1.807, 2.05) is 0 Å². The first-order chi connectivity index (χ1) is 6.61. The second kappa shape index (κ2) is 4.33. The average Bonchev–Trinajstić information content (AvgIpc) is 2.01. The summed E-state index contributed by atoms with van der Waals surface area (Å²) in [5, 5.41) is 10.3. The van der Waals surface area contributed by atoms with Crippen molar-refractivity contribution in [2.45, 2.75) is 6.42 Å². The smallest absolute Gasteiger partial charge is 0.238 e. The number of hydrogen-bond donors (Lipinski definition) is 1. The highest BCUT2D eigenvalue weighted by atomic mass is 19.1. The molecule has 5 heteroatoms. The molecule has 1 amide bonds. The Morgan fingerprint density at radius 1 is 1.36 bits per heavy atom. The lowest BCUT2D eigenvalue weighted by Crippen LogP contribution is -2.10. The summed E-state index contributed by atoms with van der Waals surface area (Å²) in [7, 11) is 0. The van der Waals surface area contributed by atoms with Gasteiger partial charge in [-0.25, -0.2) is 8.78 Å². The summed E-state index contributed by atoms with van der Waals surface area (Å²) >= 11 is 0. The second-order valence-corrected chi connectivity index (χ2v) is 2.54. The molecule has 1 aromatic rings. The molecule has 0 aliphatic heterocycles. The molecule has 3 nitrogen and oxygen atoms in total. The Kier molecular flexibility index (Phi) is 3.13. The molecule has 72 valence electrons. The molecule has 1 aromatic carbocycles. The largest absolute Gasteiger partial charge is 0.325 e. The first-order valence-corrected chi connectivity index (χ1v) is 3.74. The van der Waals surface area contributed by atoms with Gasteiger partial charge in [-0.2, -0.15) is 5.26 Å². The van der Waals surface area contributed by atoms with Gasteiger partial charge in [-0.05, 0) is 12.1 Å². The van der Waals surface area contributed by atoms with E-state index in [-0.39, 0.29) is 12.1 Å². The van der Waals surface area contributed by atoms with E-state index in [1.165, 1.54) is 0 Å². The number of nitrogens with zero attached hydrogens (tertiary/aromatic N) is 1. The van der Waals surface area contributed by atoms with Gasteiger partial charge in [0.05, 0.1) is 6.07 Å². The molecular weight excluding hydrogens is 190 g/mol. The molecule has 0 saturated carbocycles. The Morgan fingerprint density at radius 3 is 2.43 bits per heavy atom. The van der Waals surface area contributed by atoms with Crippen molar-refractivity contribution in [3.05, 3.63) is 29.8 Å². The van der Waals surface area contributed by atoms with Crippen LogP contribution >= 0.6 is 0 Å². The summed E-state index contributed by atoms with van der Waals surface area (Å²) < 4.78 is 25.2. The van der Waals surface area contributed by atoms with Crippen LogP contribution in [-0.4, -0.2) is 5.91 Å². The van der Waals surface area contributed by atoms with E-state index in [0.29, 0.717) is 6.07 Å². The maximum Gasteiger partial charge on any atom is 0.238 e. The molecule has 0 aliphatic carbocycles. The van der Waals surface area contributed by atoms with E-state index in [2.05, 4.69) is 5.32 Å².